The van der Waals surface area contributed by atoms with Gasteiger partial charge in [-0.2, -0.15) is 13.2 Å². The lowest BCUT2D eigenvalue weighted by Gasteiger charge is -2.23. The molecule has 0 aromatic carbocycles. The standard InChI is InChI=1S/C10H12F3N3O/c11-10(12,13)8-4-9(16-6-15-8)17-7-2-1-3-14-5-7/h4,6-7,14H,1-3,5H2/t7-/m1/s1. The summed E-state index contributed by atoms with van der Waals surface area (Å²) in [6.45, 7) is 1.54. The number of ether oxygens (including phenoxy) is 1. The van der Waals surface area contributed by atoms with Crippen LogP contribution in [0.4, 0.5) is 13.2 Å². The smallest absolute Gasteiger partial charge is 0.433 e. The molecule has 0 amide bonds. The molecule has 1 N–H and O–H groups in total. The summed E-state index contributed by atoms with van der Waals surface area (Å²) in [7, 11) is 0. The van der Waals surface area contributed by atoms with Crippen molar-refractivity contribution in [3.63, 3.8) is 0 Å². The van der Waals surface area contributed by atoms with Crippen LogP contribution in [0.1, 0.15) is 18.5 Å². The number of rotatable bonds is 2. The zero-order valence-electron chi connectivity index (χ0n) is 9.00. The number of piperidine rings is 1. The summed E-state index contributed by atoms with van der Waals surface area (Å²) in [5.74, 6) is -0.0268. The van der Waals surface area contributed by atoms with E-state index in [2.05, 4.69) is 15.3 Å². The Bertz CT molecular complexity index is 377. The van der Waals surface area contributed by atoms with Crippen molar-refractivity contribution in [2.45, 2.75) is 25.1 Å². The number of alkyl halides is 3. The minimum absolute atomic E-state index is 0.0268. The molecule has 1 aliphatic rings. The van der Waals surface area contributed by atoms with Gasteiger partial charge < -0.3 is 10.1 Å². The first kappa shape index (κ1) is 12.1. The van der Waals surface area contributed by atoms with Crippen LogP contribution >= 0.6 is 0 Å². The molecule has 4 nitrogen and oxygen atoms in total. The van der Waals surface area contributed by atoms with Gasteiger partial charge in [-0.3, -0.25) is 0 Å². The number of nitrogens with one attached hydrogen (secondary N) is 1. The van der Waals surface area contributed by atoms with Crippen molar-refractivity contribution in [3.8, 4) is 5.88 Å². The second-order valence-corrected chi connectivity index (χ2v) is 3.83. The van der Waals surface area contributed by atoms with Crippen LogP contribution in [-0.4, -0.2) is 29.2 Å². The van der Waals surface area contributed by atoms with Gasteiger partial charge in [0.25, 0.3) is 0 Å². The lowest BCUT2D eigenvalue weighted by Crippen LogP contribution is -2.37. The van der Waals surface area contributed by atoms with E-state index in [1.54, 1.807) is 0 Å². The van der Waals surface area contributed by atoms with Crippen molar-refractivity contribution < 1.29 is 17.9 Å². The molecule has 1 aromatic heterocycles. The summed E-state index contributed by atoms with van der Waals surface area (Å²) in [5, 5.41) is 3.11. The minimum atomic E-state index is -4.47. The first-order valence-corrected chi connectivity index (χ1v) is 5.32. The summed E-state index contributed by atoms with van der Waals surface area (Å²) in [6, 6.07) is 0.828. The van der Waals surface area contributed by atoms with Gasteiger partial charge in [0, 0.05) is 12.6 Å². The maximum atomic E-state index is 12.4. The molecule has 1 atom stereocenters. The second-order valence-electron chi connectivity index (χ2n) is 3.83. The van der Waals surface area contributed by atoms with Gasteiger partial charge in [-0.1, -0.05) is 0 Å². The maximum Gasteiger partial charge on any atom is 0.433 e. The Morgan fingerprint density at radius 3 is 2.82 bits per heavy atom. The number of hydrogen-bond donors (Lipinski definition) is 1. The molecule has 2 rings (SSSR count). The Balaban J connectivity index is 2.05. The second kappa shape index (κ2) is 4.87. The quantitative estimate of drug-likeness (QED) is 0.862. The average Bonchev–Trinajstić information content (AvgIpc) is 2.29. The molecule has 0 bridgehead atoms. The molecular weight excluding hydrogens is 235 g/mol. The van der Waals surface area contributed by atoms with Crippen molar-refractivity contribution in [2.24, 2.45) is 0 Å². The zero-order chi connectivity index (χ0) is 12.3. The SMILES string of the molecule is FC(F)(F)c1cc(O[C@@H]2CCCNC2)ncn1. The molecule has 17 heavy (non-hydrogen) atoms. The fourth-order valence-corrected chi connectivity index (χ4v) is 1.65. The van der Waals surface area contributed by atoms with Crippen LogP contribution in [-0.2, 0) is 6.18 Å². The van der Waals surface area contributed by atoms with Gasteiger partial charge in [0.15, 0.2) is 5.69 Å². The van der Waals surface area contributed by atoms with Gasteiger partial charge in [0.05, 0.1) is 0 Å². The Hall–Kier alpha value is -1.37. The first-order chi connectivity index (χ1) is 8.05. The predicted molar refractivity (Wildman–Crippen MR) is 53.6 cm³/mol. The van der Waals surface area contributed by atoms with Gasteiger partial charge in [-0.05, 0) is 19.4 Å². The fourth-order valence-electron chi connectivity index (χ4n) is 1.65. The van der Waals surface area contributed by atoms with Crippen molar-refractivity contribution in [1.82, 2.24) is 15.3 Å². The fraction of sp³-hybridized carbons (Fsp3) is 0.600. The van der Waals surface area contributed by atoms with E-state index in [0.717, 1.165) is 31.8 Å². The third-order valence-electron chi connectivity index (χ3n) is 2.47. The monoisotopic (exact) mass is 247 g/mol. The Morgan fingerprint density at radius 1 is 1.35 bits per heavy atom. The third-order valence-corrected chi connectivity index (χ3v) is 2.47. The van der Waals surface area contributed by atoms with Crippen LogP contribution in [0.5, 0.6) is 5.88 Å². The number of hydrogen-bond acceptors (Lipinski definition) is 4. The van der Waals surface area contributed by atoms with Crippen LogP contribution in [0.25, 0.3) is 0 Å². The molecule has 2 heterocycles. The van der Waals surface area contributed by atoms with E-state index < -0.39 is 11.9 Å². The average molecular weight is 247 g/mol. The summed E-state index contributed by atoms with van der Waals surface area (Å²) >= 11 is 0. The van der Waals surface area contributed by atoms with Crippen molar-refractivity contribution >= 4 is 0 Å². The maximum absolute atomic E-state index is 12.4. The molecule has 7 heteroatoms. The molecule has 0 radical (unpaired) electrons. The first-order valence-electron chi connectivity index (χ1n) is 5.32. The minimum Gasteiger partial charge on any atom is -0.473 e. The molecule has 1 aliphatic heterocycles. The van der Waals surface area contributed by atoms with Gasteiger partial charge in [0.1, 0.15) is 12.4 Å². The van der Waals surface area contributed by atoms with Crippen LogP contribution in [0.3, 0.4) is 0 Å². The highest BCUT2D eigenvalue weighted by Gasteiger charge is 2.33. The molecular formula is C10H12F3N3O. The van der Waals surface area contributed by atoms with Gasteiger partial charge in [-0.15, -0.1) is 0 Å². The molecule has 94 valence electrons. The van der Waals surface area contributed by atoms with E-state index in [1.165, 1.54) is 0 Å². The number of nitrogens with zero attached hydrogens (tertiary/aromatic N) is 2. The lowest BCUT2D eigenvalue weighted by atomic mass is 10.1. The van der Waals surface area contributed by atoms with Crippen molar-refractivity contribution in [3.05, 3.63) is 18.1 Å². The molecule has 1 saturated heterocycles. The molecule has 0 saturated carbocycles. The van der Waals surface area contributed by atoms with E-state index in [-0.39, 0.29) is 12.0 Å². The van der Waals surface area contributed by atoms with E-state index in [0.29, 0.717) is 6.54 Å². The van der Waals surface area contributed by atoms with Gasteiger partial charge in [0.2, 0.25) is 5.88 Å². The lowest BCUT2D eigenvalue weighted by molar-refractivity contribution is -0.141. The summed E-state index contributed by atoms with van der Waals surface area (Å²) in [4.78, 5) is 6.86. The van der Waals surface area contributed by atoms with Crippen LogP contribution in [0.2, 0.25) is 0 Å². The Kier molecular flexibility index (Phi) is 3.46. The molecule has 0 unspecified atom stereocenters. The normalized spacial score (nSPS) is 21.2. The highest BCUT2D eigenvalue weighted by Crippen LogP contribution is 2.28. The number of halogens is 3. The Labute approximate surface area is 96.2 Å². The number of aromatic nitrogens is 2. The van der Waals surface area contributed by atoms with Crippen LogP contribution in [0, 0.1) is 0 Å². The van der Waals surface area contributed by atoms with Crippen LogP contribution in [0.15, 0.2) is 12.4 Å². The van der Waals surface area contributed by atoms with Gasteiger partial charge >= 0.3 is 6.18 Å². The zero-order valence-corrected chi connectivity index (χ0v) is 9.00. The predicted octanol–water partition coefficient (Wildman–Crippen LogP) is 1.63. The van der Waals surface area contributed by atoms with Crippen molar-refractivity contribution in [2.75, 3.05) is 13.1 Å². The van der Waals surface area contributed by atoms with E-state index in [4.69, 9.17) is 4.74 Å². The van der Waals surface area contributed by atoms with E-state index in [1.807, 2.05) is 0 Å². The highest BCUT2D eigenvalue weighted by molar-refractivity contribution is 5.16. The molecule has 0 aliphatic carbocycles. The molecule has 0 spiro atoms. The summed E-state index contributed by atoms with van der Waals surface area (Å²) in [5.41, 5.74) is -0.980. The highest BCUT2D eigenvalue weighted by atomic mass is 19.4. The molecule has 1 aromatic rings. The summed E-state index contributed by atoms with van der Waals surface area (Å²) in [6.07, 6.45) is -1.96. The van der Waals surface area contributed by atoms with Crippen molar-refractivity contribution in [1.29, 1.82) is 0 Å². The Morgan fingerprint density at radius 2 is 2.18 bits per heavy atom. The van der Waals surface area contributed by atoms with Gasteiger partial charge in [-0.25, -0.2) is 9.97 Å². The topological polar surface area (TPSA) is 47.0 Å². The molecule has 1 fully saturated rings. The summed E-state index contributed by atoms with van der Waals surface area (Å²) < 4.78 is 42.5. The van der Waals surface area contributed by atoms with E-state index in [9.17, 15) is 13.2 Å². The largest absolute Gasteiger partial charge is 0.473 e. The van der Waals surface area contributed by atoms with Crippen LogP contribution < -0.4 is 10.1 Å². The third kappa shape index (κ3) is 3.29. The van der Waals surface area contributed by atoms with E-state index >= 15 is 0 Å².